The van der Waals surface area contributed by atoms with Crippen LogP contribution in [-0.2, 0) is 16.0 Å². The highest BCUT2D eigenvalue weighted by atomic mass is 16.5. The molecule has 0 spiro atoms. The molecule has 0 aromatic carbocycles. The van der Waals surface area contributed by atoms with Crippen LogP contribution in [0.1, 0.15) is 30.3 Å². The largest absolute Gasteiger partial charge is 0.480 e. The molecule has 0 radical (unpaired) electrons. The molecule has 1 fully saturated rings. The second-order valence-electron chi connectivity index (χ2n) is 4.75. The van der Waals surface area contributed by atoms with Crippen LogP contribution >= 0.6 is 0 Å². The lowest BCUT2D eigenvalue weighted by Crippen LogP contribution is -2.63. The lowest BCUT2D eigenvalue weighted by Gasteiger charge is -2.46. The standard InChI is InChI=1S/C11H16N4O4/c1-3-7-12-9(14-13-7)10(18)15-5-11(2,6-15)19-4-8(16)17/h3-6H2,1-2H3,(H,16,17)(H,12,13,14). The molecule has 19 heavy (non-hydrogen) atoms. The van der Waals surface area contributed by atoms with Crippen LogP contribution in [0.15, 0.2) is 0 Å². The number of H-pyrrole nitrogens is 1. The van der Waals surface area contributed by atoms with Crippen LogP contribution in [-0.4, -0.2) is 62.4 Å². The van der Waals surface area contributed by atoms with Gasteiger partial charge >= 0.3 is 5.97 Å². The van der Waals surface area contributed by atoms with Crippen molar-refractivity contribution in [1.82, 2.24) is 20.1 Å². The number of hydrogen-bond donors (Lipinski definition) is 2. The molecular formula is C11H16N4O4. The third-order valence-corrected chi connectivity index (χ3v) is 2.94. The Morgan fingerprint density at radius 2 is 2.21 bits per heavy atom. The maximum absolute atomic E-state index is 12.0. The molecule has 8 heteroatoms. The zero-order valence-electron chi connectivity index (χ0n) is 10.8. The van der Waals surface area contributed by atoms with Gasteiger partial charge in [0.15, 0.2) is 0 Å². The lowest BCUT2D eigenvalue weighted by atomic mass is 9.96. The minimum Gasteiger partial charge on any atom is -0.480 e. The number of aliphatic carboxylic acids is 1. The van der Waals surface area contributed by atoms with Gasteiger partial charge in [-0.15, -0.1) is 5.10 Å². The van der Waals surface area contributed by atoms with E-state index in [9.17, 15) is 9.59 Å². The summed E-state index contributed by atoms with van der Waals surface area (Å²) >= 11 is 0. The number of carboxylic acids is 1. The van der Waals surface area contributed by atoms with E-state index in [4.69, 9.17) is 9.84 Å². The first-order chi connectivity index (χ1) is 8.93. The number of carboxylic acid groups (broad SMARTS) is 1. The van der Waals surface area contributed by atoms with Crippen molar-refractivity contribution in [1.29, 1.82) is 0 Å². The molecule has 0 atom stereocenters. The number of nitrogens with zero attached hydrogens (tertiary/aromatic N) is 3. The fourth-order valence-electron chi connectivity index (χ4n) is 1.92. The molecule has 0 saturated carbocycles. The first kappa shape index (κ1) is 13.5. The van der Waals surface area contributed by atoms with E-state index in [1.165, 1.54) is 4.90 Å². The first-order valence-corrected chi connectivity index (χ1v) is 6.00. The molecule has 1 aliphatic heterocycles. The van der Waals surface area contributed by atoms with E-state index in [2.05, 4.69) is 15.2 Å². The molecular weight excluding hydrogens is 252 g/mol. The number of carbonyl (C=O) groups excluding carboxylic acids is 1. The molecule has 8 nitrogen and oxygen atoms in total. The SMILES string of the molecule is CCc1nc(C(=O)N2CC(C)(OCC(=O)O)C2)n[nH]1. The van der Waals surface area contributed by atoms with E-state index in [1.54, 1.807) is 6.92 Å². The third-order valence-electron chi connectivity index (χ3n) is 2.94. The zero-order chi connectivity index (χ0) is 14.0. The number of likely N-dealkylation sites (tertiary alicyclic amines) is 1. The normalized spacial score (nSPS) is 17.1. The Morgan fingerprint density at radius 3 is 2.74 bits per heavy atom. The number of aryl methyl sites for hydroxylation is 1. The van der Waals surface area contributed by atoms with Gasteiger partial charge in [0.05, 0.1) is 13.1 Å². The average Bonchev–Trinajstić information content (AvgIpc) is 2.80. The highest BCUT2D eigenvalue weighted by Gasteiger charge is 2.43. The van der Waals surface area contributed by atoms with Crippen molar-refractivity contribution >= 4 is 11.9 Å². The van der Waals surface area contributed by atoms with Crippen LogP contribution in [0, 0.1) is 0 Å². The van der Waals surface area contributed by atoms with Gasteiger partial charge in [0.1, 0.15) is 18.0 Å². The van der Waals surface area contributed by atoms with Crippen LogP contribution < -0.4 is 0 Å². The molecule has 1 aromatic rings. The van der Waals surface area contributed by atoms with E-state index in [-0.39, 0.29) is 18.3 Å². The van der Waals surface area contributed by atoms with Crippen LogP contribution in [0.3, 0.4) is 0 Å². The summed E-state index contributed by atoms with van der Waals surface area (Å²) in [6.45, 7) is 4.01. The fraction of sp³-hybridized carbons (Fsp3) is 0.636. The zero-order valence-corrected chi connectivity index (χ0v) is 10.8. The van der Waals surface area contributed by atoms with Gasteiger partial charge in [0, 0.05) is 6.42 Å². The Kier molecular flexibility index (Phi) is 3.52. The summed E-state index contributed by atoms with van der Waals surface area (Å²) in [5.74, 6) is -0.495. The molecule has 0 unspecified atom stereocenters. The first-order valence-electron chi connectivity index (χ1n) is 6.00. The highest BCUT2D eigenvalue weighted by molar-refractivity contribution is 5.91. The number of aromatic nitrogens is 3. The predicted molar refractivity (Wildman–Crippen MR) is 63.7 cm³/mol. The summed E-state index contributed by atoms with van der Waals surface area (Å²) in [6, 6.07) is 0. The van der Waals surface area contributed by atoms with Crippen molar-refractivity contribution in [3.05, 3.63) is 11.6 Å². The number of amides is 1. The summed E-state index contributed by atoms with van der Waals surface area (Å²) in [7, 11) is 0. The van der Waals surface area contributed by atoms with Crippen LogP contribution in [0.25, 0.3) is 0 Å². The molecule has 104 valence electrons. The Morgan fingerprint density at radius 1 is 1.53 bits per heavy atom. The monoisotopic (exact) mass is 268 g/mol. The smallest absolute Gasteiger partial charge is 0.329 e. The maximum atomic E-state index is 12.0. The van der Waals surface area contributed by atoms with Gasteiger partial charge in [-0.2, -0.15) is 0 Å². The second-order valence-corrected chi connectivity index (χ2v) is 4.75. The van der Waals surface area contributed by atoms with Gasteiger partial charge in [0.25, 0.3) is 5.91 Å². The van der Waals surface area contributed by atoms with Crippen molar-refractivity contribution in [2.24, 2.45) is 0 Å². The van der Waals surface area contributed by atoms with E-state index in [0.717, 1.165) is 0 Å². The number of aromatic amines is 1. The molecule has 2 N–H and O–H groups in total. The minimum absolute atomic E-state index is 0.136. The molecule has 0 bridgehead atoms. The summed E-state index contributed by atoms with van der Waals surface area (Å²) in [4.78, 5) is 28.0. The summed E-state index contributed by atoms with van der Waals surface area (Å²) in [5.41, 5.74) is -0.599. The average molecular weight is 268 g/mol. The molecule has 1 amide bonds. The van der Waals surface area contributed by atoms with Crippen LogP contribution in [0.2, 0.25) is 0 Å². The molecule has 1 saturated heterocycles. The van der Waals surface area contributed by atoms with Gasteiger partial charge in [0.2, 0.25) is 5.82 Å². The Labute approximate surface area is 109 Å². The molecule has 1 aromatic heterocycles. The lowest BCUT2D eigenvalue weighted by molar-refractivity contribution is -0.160. The predicted octanol–water partition coefficient (Wildman–Crippen LogP) is -0.317. The van der Waals surface area contributed by atoms with Gasteiger partial charge in [-0.05, 0) is 6.92 Å². The number of ether oxygens (including phenoxy) is 1. The molecule has 0 aliphatic carbocycles. The van der Waals surface area contributed by atoms with Gasteiger partial charge in [-0.3, -0.25) is 9.89 Å². The van der Waals surface area contributed by atoms with Gasteiger partial charge in [-0.25, -0.2) is 9.78 Å². The third kappa shape index (κ3) is 2.90. The Hall–Kier alpha value is -1.96. The molecule has 2 rings (SSSR count). The number of rotatable bonds is 5. The van der Waals surface area contributed by atoms with Crippen LogP contribution in [0.5, 0.6) is 0 Å². The summed E-state index contributed by atoms with van der Waals surface area (Å²) in [6.07, 6.45) is 0.680. The topological polar surface area (TPSA) is 108 Å². The number of nitrogens with one attached hydrogen (secondary N) is 1. The quantitative estimate of drug-likeness (QED) is 0.757. The summed E-state index contributed by atoms with van der Waals surface area (Å²) in [5, 5.41) is 15.1. The van der Waals surface area contributed by atoms with Crippen LogP contribution in [0.4, 0.5) is 0 Å². The highest BCUT2D eigenvalue weighted by Crippen LogP contribution is 2.25. The maximum Gasteiger partial charge on any atom is 0.329 e. The van der Waals surface area contributed by atoms with E-state index in [0.29, 0.717) is 25.3 Å². The Bertz CT molecular complexity index is 493. The number of hydrogen-bond acceptors (Lipinski definition) is 5. The van der Waals surface area contributed by atoms with Gasteiger partial charge in [-0.1, -0.05) is 6.92 Å². The minimum atomic E-state index is -1.02. The van der Waals surface area contributed by atoms with E-state index in [1.807, 2.05) is 6.92 Å². The summed E-state index contributed by atoms with van der Waals surface area (Å²) < 4.78 is 5.23. The van der Waals surface area contributed by atoms with Gasteiger partial charge < -0.3 is 14.7 Å². The number of carbonyl (C=O) groups is 2. The molecule has 1 aliphatic rings. The fourth-order valence-corrected chi connectivity index (χ4v) is 1.92. The van der Waals surface area contributed by atoms with Crippen molar-refractivity contribution < 1.29 is 19.4 Å². The van der Waals surface area contributed by atoms with Crippen molar-refractivity contribution in [2.75, 3.05) is 19.7 Å². The van der Waals surface area contributed by atoms with Crippen molar-refractivity contribution in [3.63, 3.8) is 0 Å². The molecule has 2 heterocycles. The van der Waals surface area contributed by atoms with Crippen molar-refractivity contribution in [3.8, 4) is 0 Å². The van der Waals surface area contributed by atoms with E-state index >= 15 is 0 Å². The van der Waals surface area contributed by atoms with E-state index < -0.39 is 11.6 Å². The second kappa shape index (κ2) is 4.96. The van der Waals surface area contributed by atoms with Crippen molar-refractivity contribution in [2.45, 2.75) is 25.9 Å². The Balaban J connectivity index is 1.89.